The van der Waals surface area contributed by atoms with Gasteiger partial charge in [-0.05, 0) is 35.9 Å². The van der Waals surface area contributed by atoms with Gasteiger partial charge in [-0.15, -0.1) is 0 Å². The molecule has 1 aliphatic rings. The second-order valence-corrected chi connectivity index (χ2v) is 5.95. The van der Waals surface area contributed by atoms with Crippen LogP contribution in [-0.2, 0) is 11.3 Å². The van der Waals surface area contributed by atoms with E-state index in [4.69, 9.17) is 25.8 Å². The van der Waals surface area contributed by atoms with Crippen molar-refractivity contribution in [2.24, 2.45) is 0 Å². The van der Waals surface area contributed by atoms with Crippen LogP contribution < -0.4 is 24.8 Å². The van der Waals surface area contributed by atoms with Gasteiger partial charge in [-0.25, -0.2) is 0 Å². The minimum atomic E-state index is -0.545. The fourth-order valence-electron chi connectivity index (χ4n) is 2.41. The van der Waals surface area contributed by atoms with Gasteiger partial charge in [0.1, 0.15) is 17.4 Å². The molecule has 2 aromatic carbocycles. The molecule has 0 saturated heterocycles. The Labute approximate surface area is 161 Å². The SMILES string of the molecule is COc1ccc(NC(=O)/C(C#N)=C\NCc2ccc3c(c2)OCO3)cc1Cl. The van der Waals surface area contributed by atoms with Crippen LogP contribution in [0.1, 0.15) is 5.56 Å². The first-order chi connectivity index (χ1) is 13.1. The number of benzene rings is 2. The fraction of sp³-hybridized carbons (Fsp3) is 0.158. The van der Waals surface area contributed by atoms with Gasteiger partial charge in [0.05, 0.1) is 12.1 Å². The van der Waals surface area contributed by atoms with Gasteiger partial charge in [0.15, 0.2) is 11.5 Å². The first-order valence-electron chi connectivity index (χ1n) is 7.98. The molecule has 0 aromatic heterocycles. The third kappa shape index (κ3) is 4.43. The smallest absolute Gasteiger partial charge is 0.267 e. The first kappa shape index (κ1) is 18.4. The number of nitrogens with one attached hydrogen (secondary N) is 2. The van der Waals surface area contributed by atoms with Crippen molar-refractivity contribution in [2.75, 3.05) is 19.2 Å². The lowest BCUT2D eigenvalue weighted by molar-refractivity contribution is -0.112. The molecular formula is C19H16ClN3O4. The number of hydrogen-bond acceptors (Lipinski definition) is 6. The molecule has 7 nitrogen and oxygen atoms in total. The molecule has 0 spiro atoms. The van der Waals surface area contributed by atoms with E-state index in [1.165, 1.54) is 13.3 Å². The van der Waals surface area contributed by atoms with E-state index in [0.29, 0.717) is 34.5 Å². The number of rotatable bonds is 6. The lowest BCUT2D eigenvalue weighted by atomic mass is 10.2. The Balaban J connectivity index is 1.61. The van der Waals surface area contributed by atoms with E-state index in [0.717, 1.165) is 5.56 Å². The van der Waals surface area contributed by atoms with Crippen LogP contribution >= 0.6 is 11.6 Å². The van der Waals surface area contributed by atoms with E-state index in [2.05, 4.69) is 10.6 Å². The number of methoxy groups -OCH3 is 1. The molecule has 2 aromatic rings. The maximum absolute atomic E-state index is 12.3. The molecule has 1 heterocycles. The number of halogens is 1. The Hall–Kier alpha value is -3.37. The summed E-state index contributed by atoms with van der Waals surface area (Å²) in [6.45, 7) is 0.629. The topological polar surface area (TPSA) is 92.6 Å². The van der Waals surface area contributed by atoms with Crippen molar-refractivity contribution in [1.82, 2.24) is 5.32 Å². The summed E-state index contributed by atoms with van der Waals surface area (Å²) in [4.78, 5) is 12.3. The molecule has 3 rings (SSSR count). The van der Waals surface area contributed by atoms with Gasteiger partial charge in [-0.1, -0.05) is 17.7 Å². The zero-order valence-electron chi connectivity index (χ0n) is 14.4. The molecule has 1 amide bonds. The molecule has 0 aliphatic carbocycles. The van der Waals surface area contributed by atoms with Crippen LogP contribution in [0.4, 0.5) is 5.69 Å². The summed E-state index contributed by atoms with van der Waals surface area (Å²) in [6, 6.07) is 12.2. The Kier molecular flexibility index (Phi) is 5.69. The number of fused-ring (bicyclic) bond motifs is 1. The molecule has 138 valence electrons. The van der Waals surface area contributed by atoms with Crippen molar-refractivity contribution in [3.05, 3.63) is 58.8 Å². The Morgan fingerprint density at radius 1 is 1.30 bits per heavy atom. The van der Waals surface area contributed by atoms with E-state index in [9.17, 15) is 10.1 Å². The average Bonchev–Trinajstić information content (AvgIpc) is 3.13. The molecule has 0 fully saturated rings. The van der Waals surface area contributed by atoms with Gasteiger partial charge in [0.25, 0.3) is 5.91 Å². The van der Waals surface area contributed by atoms with Crippen LogP contribution in [0.3, 0.4) is 0 Å². The van der Waals surface area contributed by atoms with Crippen molar-refractivity contribution in [3.63, 3.8) is 0 Å². The second kappa shape index (κ2) is 8.34. The number of carbonyl (C=O) groups excluding carboxylic acids is 1. The standard InChI is InChI=1S/C19H16ClN3O4/c1-25-16-5-3-14(7-15(16)20)23-19(24)13(8-21)10-22-9-12-2-4-17-18(6-12)27-11-26-17/h2-7,10,22H,9,11H2,1H3,(H,23,24)/b13-10-. The van der Waals surface area contributed by atoms with Crippen LogP contribution in [-0.4, -0.2) is 19.8 Å². The van der Waals surface area contributed by atoms with Crippen molar-refractivity contribution in [1.29, 1.82) is 5.26 Å². The van der Waals surface area contributed by atoms with Gasteiger partial charge in [0.2, 0.25) is 6.79 Å². The fourth-order valence-corrected chi connectivity index (χ4v) is 2.67. The molecule has 0 radical (unpaired) electrons. The van der Waals surface area contributed by atoms with Crippen LogP contribution in [0.5, 0.6) is 17.2 Å². The van der Waals surface area contributed by atoms with E-state index >= 15 is 0 Å². The van der Waals surface area contributed by atoms with Crippen molar-refractivity contribution in [2.45, 2.75) is 6.54 Å². The molecule has 0 saturated carbocycles. The Morgan fingerprint density at radius 2 is 2.11 bits per heavy atom. The summed E-state index contributed by atoms with van der Waals surface area (Å²) < 4.78 is 15.6. The van der Waals surface area contributed by atoms with E-state index in [1.807, 2.05) is 24.3 Å². The monoisotopic (exact) mass is 385 g/mol. The Bertz CT molecular complexity index is 937. The molecule has 8 heteroatoms. The van der Waals surface area contributed by atoms with Crippen LogP contribution in [0.25, 0.3) is 0 Å². The molecule has 0 atom stereocenters. The highest BCUT2D eigenvalue weighted by atomic mass is 35.5. The average molecular weight is 386 g/mol. The van der Waals surface area contributed by atoms with Gasteiger partial charge in [0, 0.05) is 18.4 Å². The highest BCUT2D eigenvalue weighted by molar-refractivity contribution is 6.32. The van der Waals surface area contributed by atoms with Gasteiger partial charge in [-0.2, -0.15) is 5.26 Å². The predicted octanol–water partition coefficient (Wildman–Crippen LogP) is 3.21. The largest absolute Gasteiger partial charge is 0.495 e. The maximum atomic E-state index is 12.3. The molecule has 1 aliphatic heterocycles. The van der Waals surface area contributed by atoms with Crippen LogP contribution in [0, 0.1) is 11.3 Å². The zero-order valence-corrected chi connectivity index (χ0v) is 15.2. The summed E-state index contributed by atoms with van der Waals surface area (Å²) in [7, 11) is 1.50. The van der Waals surface area contributed by atoms with Gasteiger partial charge < -0.3 is 24.8 Å². The molecule has 0 bridgehead atoms. The first-order valence-corrected chi connectivity index (χ1v) is 8.35. The number of ether oxygens (including phenoxy) is 3. The quantitative estimate of drug-likeness (QED) is 0.586. The van der Waals surface area contributed by atoms with Gasteiger partial charge in [-0.3, -0.25) is 4.79 Å². The minimum absolute atomic E-state index is 0.0670. The normalized spacial score (nSPS) is 12.3. The lowest BCUT2D eigenvalue weighted by Crippen LogP contribution is -2.16. The molecule has 27 heavy (non-hydrogen) atoms. The predicted molar refractivity (Wildman–Crippen MR) is 99.7 cm³/mol. The summed E-state index contributed by atoms with van der Waals surface area (Å²) in [5.41, 5.74) is 1.32. The highest BCUT2D eigenvalue weighted by Gasteiger charge is 2.13. The summed E-state index contributed by atoms with van der Waals surface area (Å²) >= 11 is 6.03. The third-order valence-electron chi connectivity index (χ3n) is 3.76. The molecule has 2 N–H and O–H groups in total. The van der Waals surface area contributed by atoms with E-state index in [-0.39, 0.29) is 12.4 Å². The third-order valence-corrected chi connectivity index (χ3v) is 4.06. The summed E-state index contributed by atoms with van der Waals surface area (Å²) in [6.07, 6.45) is 1.37. The van der Waals surface area contributed by atoms with Crippen molar-refractivity contribution in [3.8, 4) is 23.3 Å². The maximum Gasteiger partial charge on any atom is 0.267 e. The van der Waals surface area contributed by atoms with Crippen molar-refractivity contribution >= 4 is 23.2 Å². The second-order valence-electron chi connectivity index (χ2n) is 5.54. The molecular weight excluding hydrogens is 370 g/mol. The molecule has 0 unspecified atom stereocenters. The van der Waals surface area contributed by atoms with Crippen LogP contribution in [0.15, 0.2) is 48.2 Å². The van der Waals surface area contributed by atoms with E-state index < -0.39 is 5.91 Å². The number of anilines is 1. The van der Waals surface area contributed by atoms with Gasteiger partial charge >= 0.3 is 0 Å². The zero-order chi connectivity index (χ0) is 19.2. The number of nitrogens with zero attached hydrogens (tertiary/aromatic N) is 1. The number of hydrogen-bond donors (Lipinski definition) is 2. The van der Waals surface area contributed by atoms with E-state index in [1.54, 1.807) is 18.2 Å². The lowest BCUT2D eigenvalue weighted by Gasteiger charge is -2.08. The summed E-state index contributed by atoms with van der Waals surface area (Å²) in [5.74, 6) is 1.32. The van der Waals surface area contributed by atoms with Crippen molar-refractivity contribution < 1.29 is 19.0 Å². The number of amides is 1. The minimum Gasteiger partial charge on any atom is -0.495 e. The number of nitriles is 1. The highest BCUT2D eigenvalue weighted by Crippen LogP contribution is 2.32. The Morgan fingerprint density at radius 3 is 2.85 bits per heavy atom. The summed E-state index contributed by atoms with van der Waals surface area (Å²) in [5, 5.41) is 15.2. The van der Waals surface area contributed by atoms with Crippen LogP contribution in [0.2, 0.25) is 5.02 Å². The number of carbonyl (C=O) groups is 1.